The first-order chi connectivity index (χ1) is 13.1. The van der Waals surface area contributed by atoms with Crippen molar-refractivity contribution in [2.75, 3.05) is 23.3 Å². The summed E-state index contributed by atoms with van der Waals surface area (Å²) in [5.74, 6) is 0.337. The van der Waals surface area contributed by atoms with Gasteiger partial charge in [-0.1, -0.05) is 0 Å². The van der Waals surface area contributed by atoms with Crippen LogP contribution in [-0.2, 0) is 7.05 Å². The minimum Gasteiger partial charge on any atom is -0.485 e. The number of anilines is 2. The van der Waals surface area contributed by atoms with E-state index in [4.69, 9.17) is 4.74 Å². The van der Waals surface area contributed by atoms with Crippen LogP contribution < -0.4 is 15.0 Å². The molecule has 1 saturated heterocycles. The number of hydrogen-bond acceptors (Lipinski definition) is 7. The van der Waals surface area contributed by atoms with Crippen molar-refractivity contribution in [3.63, 3.8) is 0 Å². The number of nitrogens with zero attached hydrogens (tertiary/aromatic N) is 6. The molecular weight excluding hydrogens is 353 g/mol. The standard InChI is InChI=1S/C17H16FN7O2/c1-24-17(15(8-22-24)16(26)23-12-2-3-20-21-6-12)25-9-14(10-25)27-13-4-11(18)5-19-7-13/h2-8,14H,9-10H2,1H3,(H,20,23,26). The smallest absolute Gasteiger partial charge is 0.261 e. The fourth-order valence-electron chi connectivity index (χ4n) is 2.86. The highest BCUT2D eigenvalue weighted by molar-refractivity contribution is 6.07. The van der Waals surface area contributed by atoms with Crippen molar-refractivity contribution in [3.8, 4) is 5.75 Å². The molecule has 10 heteroatoms. The van der Waals surface area contributed by atoms with Crippen LogP contribution in [0.4, 0.5) is 15.9 Å². The molecule has 0 bridgehead atoms. The molecule has 3 aromatic rings. The monoisotopic (exact) mass is 369 g/mol. The first-order valence-electron chi connectivity index (χ1n) is 8.22. The molecule has 0 atom stereocenters. The summed E-state index contributed by atoms with van der Waals surface area (Å²) in [6.07, 6.45) is 6.95. The van der Waals surface area contributed by atoms with E-state index < -0.39 is 5.82 Å². The van der Waals surface area contributed by atoms with E-state index in [9.17, 15) is 9.18 Å². The number of carbonyl (C=O) groups is 1. The molecule has 4 rings (SSSR count). The van der Waals surface area contributed by atoms with Gasteiger partial charge < -0.3 is 15.0 Å². The third-order valence-electron chi connectivity index (χ3n) is 4.12. The number of aryl methyl sites for hydroxylation is 1. The molecular formula is C17H16FN7O2. The summed E-state index contributed by atoms with van der Waals surface area (Å²) in [7, 11) is 1.77. The quantitative estimate of drug-likeness (QED) is 0.723. The molecule has 0 spiro atoms. The van der Waals surface area contributed by atoms with Gasteiger partial charge in [-0.25, -0.2) is 4.39 Å². The molecule has 1 N–H and O–H groups in total. The van der Waals surface area contributed by atoms with Crippen LogP contribution in [0, 0.1) is 5.82 Å². The van der Waals surface area contributed by atoms with Crippen molar-refractivity contribution in [2.24, 2.45) is 7.05 Å². The Morgan fingerprint density at radius 3 is 2.85 bits per heavy atom. The normalized spacial score (nSPS) is 13.9. The average molecular weight is 369 g/mol. The number of ether oxygens (including phenoxy) is 1. The molecule has 0 saturated carbocycles. The van der Waals surface area contributed by atoms with Crippen LogP contribution in [0.25, 0.3) is 0 Å². The van der Waals surface area contributed by atoms with E-state index in [0.717, 1.165) is 6.20 Å². The molecule has 1 fully saturated rings. The first kappa shape index (κ1) is 16.9. The number of nitrogens with one attached hydrogen (secondary N) is 1. The van der Waals surface area contributed by atoms with Gasteiger partial charge in [0.15, 0.2) is 0 Å². The summed E-state index contributed by atoms with van der Waals surface area (Å²) < 4.78 is 20.5. The third-order valence-corrected chi connectivity index (χ3v) is 4.12. The van der Waals surface area contributed by atoms with E-state index in [1.54, 1.807) is 17.8 Å². The lowest BCUT2D eigenvalue weighted by Gasteiger charge is -2.40. The van der Waals surface area contributed by atoms with E-state index in [1.165, 1.54) is 30.9 Å². The Morgan fingerprint density at radius 1 is 1.26 bits per heavy atom. The molecule has 0 aromatic carbocycles. The summed E-state index contributed by atoms with van der Waals surface area (Å²) in [6, 6.07) is 2.95. The van der Waals surface area contributed by atoms with Crippen molar-refractivity contribution in [2.45, 2.75) is 6.10 Å². The molecule has 1 aliphatic rings. The van der Waals surface area contributed by atoms with E-state index >= 15 is 0 Å². The van der Waals surface area contributed by atoms with Gasteiger partial charge in [0, 0.05) is 13.1 Å². The van der Waals surface area contributed by atoms with Gasteiger partial charge in [-0.15, -0.1) is 0 Å². The number of aromatic nitrogens is 5. The van der Waals surface area contributed by atoms with Crippen molar-refractivity contribution >= 4 is 17.4 Å². The summed E-state index contributed by atoms with van der Waals surface area (Å²) in [6.45, 7) is 1.10. The van der Waals surface area contributed by atoms with Crippen LogP contribution in [0.15, 0.2) is 43.1 Å². The zero-order chi connectivity index (χ0) is 18.8. The maximum Gasteiger partial charge on any atom is 0.261 e. The maximum atomic E-state index is 13.2. The van der Waals surface area contributed by atoms with Crippen LogP contribution in [0.5, 0.6) is 5.75 Å². The van der Waals surface area contributed by atoms with Crippen LogP contribution in [-0.4, -0.2) is 50.1 Å². The summed E-state index contributed by atoms with van der Waals surface area (Å²) in [4.78, 5) is 18.3. The molecule has 1 amide bonds. The Labute approximate surface area is 153 Å². The van der Waals surface area contributed by atoms with Gasteiger partial charge in [-0.2, -0.15) is 15.3 Å². The maximum absolute atomic E-state index is 13.2. The largest absolute Gasteiger partial charge is 0.485 e. The van der Waals surface area contributed by atoms with E-state index in [0.29, 0.717) is 35.9 Å². The van der Waals surface area contributed by atoms with E-state index in [2.05, 4.69) is 25.6 Å². The lowest BCUT2D eigenvalue weighted by Crippen LogP contribution is -2.55. The minimum atomic E-state index is -0.445. The third kappa shape index (κ3) is 3.54. The lowest BCUT2D eigenvalue weighted by atomic mass is 10.1. The molecule has 1 aliphatic heterocycles. The van der Waals surface area contributed by atoms with Crippen molar-refractivity contribution < 1.29 is 13.9 Å². The zero-order valence-electron chi connectivity index (χ0n) is 14.4. The fourth-order valence-corrected chi connectivity index (χ4v) is 2.86. The van der Waals surface area contributed by atoms with Crippen LogP contribution in [0.2, 0.25) is 0 Å². The topological polar surface area (TPSA) is 98.1 Å². The SMILES string of the molecule is Cn1ncc(C(=O)Nc2ccnnc2)c1N1CC(Oc2cncc(F)c2)C1. The van der Waals surface area contributed by atoms with Gasteiger partial charge >= 0.3 is 0 Å². The molecule has 27 heavy (non-hydrogen) atoms. The van der Waals surface area contributed by atoms with Crippen molar-refractivity contribution in [1.29, 1.82) is 0 Å². The van der Waals surface area contributed by atoms with Gasteiger partial charge in [-0.3, -0.25) is 14.5 Å². The number of amides is 1. The number of hydrogen-bond donors (Lipinski definition) is 1. The molecule has 0 unspecified atom stereocenters. The molecule has 138 valence electrons. The predicted octanol–water partition coefficient (Wildman–Crippen LogP) is 1.26. The fraction of sp³-hybridized carbons (Fsp3) is 0.235. The number of rotatable bonds is 5. The highest BCUT2D eigenvalue weighted by atomic mass is 19.1. The van der Waals surface area contributed by atoms with Crippen LogP contribution in [0.1, 0.15) is 10.4 Å². The van der Waals surface area contributed by atoms with Crippen molar-refractivity contribution in [3.05, 3.63) is 54.5 Å². The number of pyridine rings is 1. The van der Waals surface area contributed by atoms with E-state index in [1.807, 2.05) is 4.90 Å². The molecule has 0 radical (unpaired) electrons. The Bertz CT molecular complexity index is 957. The Morgan fingerprint density at radius 2 is 2.11 bits per heavy atom. The van der Waals surface area contributed by atoms with Gasteiger partial charge in [0.05, 0.1) is 49.8 Å². The number of halogens is 1. The second-order valence-corrected chi connectivity index (χ2v) is 6.07. The highest BCUT2D eigenvalue weighted by Gasteiger charge is 2.33. The number of carbonyl (C=O) groups excluding carboxylic acids is 1. The lowest BCUT2D eigenvalue weighted by molar-refractivity contribution is 0.102. The molecule has 0 aliphatic carbocycles. The minimum absolute atomic E-state index is 0.121. The highest BCUT2D eigenvalue weighted by Crippen LogP contribution is 2.27. The Balaban J connectivity index is 1.43. The van der Waals surface area contributed by atoms with Crippen LogP contribution in [0.3, 0.4) is 0 Å². The van der Waals surface area contributed by atoms with Crippen molar-refractivity contribution in [1.82, 2.24) is 25.0 Å². The summed E-state index contributed by atoms with van der Waals surface area (Å²) in [5, 5.41) is 14.4. The van der Waals surface area contributed by atoms with E-state index in [-0.39, 0.29) is 12.0 Å². The second kappa shape index (κ2) is 6.98. The summed E-state index contributed by atoms with van der Waals surface area (Å²) >= 11 is 0. The average Bonchev–Trinajstić information content (AvgIpc) is 3.00. The van der Waals surface area contributed by atoms with Gasteiger partial charge in [0.2, 0.25) is 0 Å². The van der Waals surface area contributed by atoms with Crippen LogP contribution >= 0.6 is 0 Å². The second-order valence-electron chi connectivity index (χ2n) is 6.07. The van der Waals surface area contributed by atoms with Gasteiger partial charge in [0.1, 0.15) is 29.1 Å². The Kier molecular flexibility index (Phi) is 4.37. The molecule has 4 heterocycles. The molecule has 9 nitrogen and oxygen atoms in total. The van der Waals surface area contributed by atoms with Gasteiger partial charge in [0.25, 0.3) is 5.91 Å². The first-order valence-corrected chi connectivity index (χ1v) is 8.22. The molecule has 3 aromatic heterocycles. The Hall–Kier alpha value is -3.56. The predicted molar refractivity (Wildman–Crippen MR) is 94.0 cm³/mol. The summed E-state index contributed by atoms with van der Waals surface area (Å²) in [5.41, 5.74) is 0.994. The zero-order valence-corrected chi connectivity index (χ0v) is 14.4. The van der Waals surface area contributed by atoms with Gasteiger partial charge in [-0.05, 0) is 6.07 Å².